The average molecular weight is 386 g/mol. The van der Waals surface area contributed by atoms with Crippen molar-refractivity contribution in [1.82, 2.24) is 4.98 Å². The Bertz CT molecular complexity index is 1020. The molecule has 29 heavy (non-hydrogen) atoms. The molecule has 0 aliphatic carbocycles. The van der Waals surface area contributed by atoms with Gasteiger partial charge in [0.15, 0.2) is 11.4 Å². The van der Waals surface area contributed by atoms with Gasteiger partial charge < -0.3 is 10.0 Å². The SMILES string of the molecule is O=C(C[C@]1(O)C(=O)N(CCCc2ccccc2)c2ccccc21)c1ccncc1. The molecule has 1 aromatic heterocycles. The van der Waals surface area contributed by atoms with Gasteiger partial charge in [-0.15, -0.1) is 0 Å². The number of aromatic nitrogens is 1. The maximum absolute atomic E-state index is 13.2. The lowest BCUT2D eigenvalue weighted by atomic mass is 9.88. The Kier molecular flexibility index (Phi) is 5.23. The smallest absolute Gasteiger partial charge is 0.264 e. The first-order chi connectivity index (χ1) is 14.1. The van der Waals surface area contributed by atoms with Crippen molar-refractivity contribution in [2.45, 2.75) is 24.9 Å². The number of benzene rings is 2. The number of ketones is 1. The van der Waals surface area contributed by atoms with Crippen LogP contribution in [0.2, 0.25) is 0 Å². The number of pyridine rings is 1. The zero-order valence-electron chi connectivity index (χ0n) is 16.0. The molecule has 5 nitrogen and oxygen atoms in total. The van der Waals surface area contributed by atoms with Crippen molar-refractivity contribution >= 4 is 17.4 Å². The highest BCUT2D eigenvalue weighted by molar-refractivity contribution is 6.10. The number of hydrogen-bond acceptors (Lipinski definition) is 4. The maximum atomic E-state index is 13.2. The van der Waals surface area contributed by atoms with Gasteiger partial charge in [0.25, 0.3) is 5.91 Å². The lowest BCUT2D eigenvalue weighted by molar-refractivity contribution is -0.135. The van der Waals surface area contributed by atoms with Crippen LogP contribution in [-0.2, 0) is 16.8 Å². The van der Waals surface area contributed by atoms with Crippen molar-refractivity contribution in [1.29, 1.82) is 0 Å². The second kappa shape index (κ2) is 7.97. The second-order valence-corrected chi connectivity index (χ2v) is 7.26. The molecule has 5 heteroatoms. The summed E-state index contributed by atoms with van der Waals surface area (Å²) < 4.78 is 0. The molecule has 1 atom stereocenters. The number of anilines is 1. The van der Waals surface area contributed by atoms with Crippen molar-refractivity contribution in [3.63, 3.8) is 0 Å². The number of aliphatic hydroxyl groups is 1. The quantitative estimate of drug-likeness (QED) is 0.631. The zero-order valence-corrected chi connectivity index (χ0v) is 16.0. The molecule has 2 aromatic carbocycles. The molecule has 0 bridgehead atoms. The highest BCUT2D eigenvalue weighted by atomic mass is 16.3. The molecule has 146 valence electrons. The minimum atomic E-state index is -1.84. The summed E-state index contributed by atoms with van der Waals surface area (Å²) in [6, 6.07) is 20.4. The molecular formula is C24H22N2O3. The number of aryl methyl sites for hydroxylation is 1. The minimum absolute atomic E-state index is 0.288. The molecule has 0 unspecified atom stereocenters. The number of carbonyl (C=O) groups excluding carboxylic acids is 2. The minimum Gasteiger partial charge on any atom is -0.375 e. The summed E-state index contributed by atoms with van der Waals surface area (Å²) >= 11 is 0. The highest BCUT2D eigenvalue weighted by Crippen LogP contribution is 2.42. The molecule has 1 aliphatic rings. The van der Waals surface area contributed by atoms with Crippen molar-refractivity contribution in [3.8, 4) is 0 Å². The lowest BCUT2D eigenvalue weighted by Crippen LogP contribution is -2.42. The van der Waals surface area contributed by atoms with Crippen molar-refractivity contribution in [3.05, 3.63) is 95.8 Å². The average Bonchev–Trinajstić information content (AvgIpc) is 2.97. The van der Waals surface area contributed by atoms with Crippen LogP contribution in [0.1, 0.15) is 34.3 Å². The summed E-state index contributed by atoms with van der Waals surface area (Å²) in [5.74, 6) is -0.724. The molecule has 0 spiro atoms. The first-order valence-corrected chi connectivity index (χ1v) is 9.70. The van der Waals surface area contributed by atoms with E-state index in [1.165, 1.54) is 18.0 Å². The van der Waals surface area contributed by atoms with Crippen molar-refractivity contribution < 1.29 is 14.7 Å². The zero-order chi connectivity index (χ0) is 20.3. The van der Waals surface area contributed by atoms with Crippen LogP contribution in [-0.4, -0.2) is 28.3 Å². The van der Waals surface area contributed by atoms with Crippen LogP contribution >= 0.6 is 0 Å². The summed E-state index contributed by atoms with van der Waals surface area (Å²) in [7, 11) is 0. The van der Waals surface area contributed by atoms with E-state index in [0.29, 0.717) is 23.4 Å². The van der Waals surface area contributed by atoms with Gasteiger partial charge in [0.1, 0.15) is 0 Å². The number of amides is 1. The highest BCUT2D eigenvalue weighted by Gasteiger charge is 2.50. The summed E-state index contributed by atoms with van der Waals surface area (Å²) in [6.07, 6.45) is 4.36. The number of nitrogens with zero attached hydrogens (tertiary/aromatic N) is 2. The van der Waals surface area contributed by atoms with E-state index >= 15 is 0 Å². The fraction of sp³-hybridized carbons (Fsp3) is 0.208. The van der Waals surface area contributed by atoms with Gasteiger partial charge in [-0.05, 0) is 36.6 Å². The predicted molar refractivity (Wildman–Crippen MR) is 111 cm³/mol. The largest absolute Gasteiger partial charge is 0.375 e. The number of fused-ring (bicyclic) bond motifs is 1. The Balaban J connectivity index is 1.54. The summed E-state index contributed by atoms with van der Waals surface area (Å²) in [6.45, 7) is 0.483. The number of carbonyl (C=O) groups is 2. The van der Waals surface area contributed by atoms with E-state index in [0.717, 1.165) is 12.8 Å². The van der Waals surface area contributed by atoms with Gasteiger partial charge in [0.05, 0.1) is 12.1 Å². The van der Waals surface area contributed by atoms with Gasteiger partial charge in [0, 0.05) is 30.1 Å². The first-order valence-electron chi connectivity index (χ1n) is 9.70. The molecule has 0 saturated heterocycles. The number of Topliss-reactive ketones (excluding diaryl/α,β-unsaturated/α-hetero) is 1. The summed E-state index contributed by atoms with van der Waals surface area (Å²) in [4.78, 5) is 31.4. The predicted octanol–water partition coefficient (Wildman–Crippen LogP) is 3.52. The van der Waals surface area contributed by atoms with Gasteiger partial charge in [0.2, 0.25) is 0 Å². The Morgan fingerprint density at radius 3 is 2.41 bits per heavy atom. The molecule has 4 rings (SSSR count). The van der Waals surface area contributed by atoms with Crippen LogP contribution in [0.4, 0.5) is 5.69 Å². The molecule has 2 heterocycles. The Hall–Kier alpha value is -3.31. The van der Waals surface area contributed by atoms with Gasteiger partial charge in [-0.2, -0.15) is 0 Å². The second-order valence-electron chi connectivity index (χ2n) is 7.26. The van der Waals surface area contributed by atoms with Crippen LogP contribution in [0.15, 0.2) is 79.1 Å². The maximum Gasteiger partial charge on any atom is 0.264 e. The van der Waals surface area contributed by atoms with Gasteiger partial charge in [-0.3, -0.25) is 14.6 Å². The van der Waals surface area contributed by atoms with Crippen LogP contribution in [0.25, 0.3) is 0 Å². The summed E-state index contributed by atoms with van der Waals surface area (Å²) in [5, 5.41) is 11.3. The lowest BCUT2D eigenvalue weighted by Gasteiger charge is -2.22. The van der Waals surface area contributed by atoms with E-state index in [9.17, 15) is 14.7 Å². The Morgan fingerprint density at radius 2 is 1.66 bits per heavy atom. The number of para-hydroxylation sites is 1. The summed E-state index contributed by atoms with van der Waals surface area (Å²) in [5.41, 5.74) is 0.962. The van der Waals surface area contributed by atoms with Gasteiger partial charge in [-0.1, -0.05) is 48.5 Å². The Labute approximate surface area is 169 Å². The van der Waals surface area contributed by atoms with E-state index in [4.69, 9.17) is 0 Å². The van der Waals surface area contributed by atoms with Crippen molar-refractivity contribution in [2.75, 3.05) is 11.4 Å². The standard InChI is InChI=1S/C24H22N2O3/c27-22(19-12-14-25-15-13-19)17-24(29)20-10-4-5-11-21(20)26(23(24)28)16-6-9-18-7-2-1-3-8-18/h1-5,7-8,10-15,29H,6,9,16-17H2/t24-/m1/s1. The van der Waals surface area contributed by atoms with Crippen LogP contribution in [0, 0.1) is 0 Å². The van der Waals surface area contributed by atoms with Crippen molar-refractivity contribution in [2.24, 2.45) is 0 Å². The molecular weight excluding hydrogens is 364 g/mol. The van der Waals surface area contributed by atoms with Crippen LogP contribution in [0.5, 0.6) is 0 Å². The van der Waals surface area contributed by atoms with E-state index < -0.39 is 11.5 Å². The third-order valence-corrected chi connectivity index (χ3v) is 5.35. The monoisotopic (exact) mass is 386 g/mol. The van der Waals surface area contributed by atoms with Gasteiger partial charge in [-0.25, -0.2) is 0 Å². The van der Waals surface area contributed by atoms with Crippen LogP contribution < -0.4 is 4.90 Å². The molecule has 1 N–H and O–H groups in total. The fourth-order valence-corrected chi connectivity index (χ4v) is 3.86. The molecule has 3 aromatic rings. The molecule has 0 radical (unpaired) electrons. The third-order valence-electron chi connectivity index (χ3n) is 5.35. The normalized spacial score (nSPS) is 18.0. The van der Waals surface area contributed by atoms with E-state index in [1.807, 2.05) is 30.3 Å². The number of hydrogen-bond donors (Lipinski definition) is 1. The first kappa shape index (κ1) is 19.0. The van der Waals surface area contributed by atoms with Crippen LogP contribution in [0.3, 0.4) is 0 Å². The van der Waals surface area contributed by atoms with E-state index in [1.54, 1.807) is 29.2 Å². The third kappa shape index (κ3) is 3.69. The fourth-order valence-electron chi connectivity index (χ4n) is 3.86. The molecule has 1 amide bonds. The van der Waals surface area contributed by atoms with Gasteiger partial charge >= 0.3 is 0 Å². The molecule has 1 aliphatic heterocycles. The number of rotatable bonds is 7. The van der Waals surface area contributed by atoms with E-state index in [-0.39, 0.29) is 12.2 Å². The topological polar surface area (TPSA) is 70.5 Å². The molecule has 0 saturated carbocycles. The van der Waals surface area contributed by atoms with E-state index in [2.05, 4.69) is 17.1 Å². The molecule has 0 fully saturated rings. The Morgan fingerprint density at radius 1 is 0.966 bits per heavy atom.